The van der Waals surface area contributed by atoms with Crippen molar-refractivity contribution in [2.45, 2.75) is 19.3 Å². The summed E-state index contributed by atoms with van der Waals surface area (Å²) in [6.45, 7) is 3.76. The topological polar surface area (TPSA) is 84.2 Å². The van der Waals surface area contributed by atoms with Crippen molar-refractivity contribution in [1.82, 2.24) is 10.6 Å². The number of carbonyl (C=O) groups excluding carboxylic acids is 2. The van der Waals surface area contributed by atoms with E-state index in [9.17, 15) is 14.0 Å². The molecule has 0 saturated heterocycles. The summed E-state index contributed by atoms with van der Waals surface area (Å²) in [6.07, 6.45) is 0. The molecular weight excluding hydrogens is 332 g/mol. The summed E-state index contributed by atoms with van der Waals surface area (Å²) in [5, 5.41) is 5.38. The molecule has 0 aliphatic rings. The highest BCUT2D eigenvalue weighted by Gasteiger charge is 2.24. The summed E-state index contributed by atoms with van der Waals surface area (Å²) in [5.74, 6) is -1.14. The van der Waals surface area contributed by atoms with Crippen molar-refractivity contribution >= 4 is 35.8 Å². The van der Waals surface area contributed by atoms with Crippen LogP contribution in [0.5, 0.6) is 0 Å². The fourth-order valence-electron chi connectivity index (χ4n) is 1.77. The second kappa shape index (κ2) is 8.92. The Kier molecular flexibility index (Phi) is 8.37. The highest BCUT2D eigenvalue weighted by molar-refractivity contribution is 6.31. The second-order valence-electron chi connectivity index (χ2n) is 5.27. The number of benzene rings is 1. The van der Waals surface area contributed by atoms with Crippen molar-refractivity contribution in [3.63, 3.8) is 0 Å². The monoisotopic (exact) mass is 351 g/mol. The summed E-state index contributed by atoms with van der Waals surface area (Å²) in [4.78, 5) is 22.6. The zero-order chi connectivity index (χ0) is 16.0. The average Bonchev–Trinajstić information content (AvgIpc) is 2.42. The zero-order valence-electron chi connectivity index (χ0n) is 12.4. The predicted octanol–water partition coefficient (Wildman–Crippen LogP) is 1.37. The van der Waals surface area contributed by atoms with Crippen LogP contribution in [-0.4, -0.2) is 31.4 Å². The molecule has 22 heavy (non-hydrogen) atoms. The van der Waals surface area contributed by atoms with Gasteiger partial charge in [-0.1, -0.05) is 31.5 Å². The van der Waals surface area contributed by atoms with E-state index in [-0.39, 0.29) is 31.4 Å². The standard InChI is InChI=1S/C14H19ClFN3O2.ClH/c1-14(2,10-4-3-9(16)5-11(10)15)8-19-13(21)7-18-12(20)6-17;/h3-5H,6-8,17H2,1-2H3,(H,18,20)(H,19,21);1H. The summed E-state index contributed by atoms with van der Waals surface area (Å²) in [6, 6.07) is 4.16. The van der Waals surface area contributed by atoms with Crippen molar-refractivity contribution in [2.24, 2.45) is 5.73 Å². The molecule has 0 aliphatic carbocycles. The molecule has 5 nitrogen and oxygen atoms in total. The molecule has 8 heteroatoms. The maximum absolute atomic E-state index is 13.1. The minimum absolute atomic E-state index is 0. The van der Waals surface area contributed by atoms with E-state index in [1.807, 2.05) is 13.8 Å². The zero-order valence-corrected chi connectivity index (χ0v) is 14.0. The van der Waals surface area contributed by atoms with E-state index in [0.717, 1.165) is 5.56 Å². The lowest BCUT2D eigenvalue weighted by molar-refractivity contribution is -0.125. The molecule has 1 aromatic carbocycles. The third-order valence-electron chi connectivity index (χ3n) is 3.02. The SMILES string of the molecule is CC(C)(CNC(=O)CNC(=O)CN)c1ccc(F)cc1Cl.Cl. The normalized spacial score (nSPS) is 10.6. The molecule has 0 radical (unpaired) electrons. The molecule has 0 aliphatic heterocycles. The van der Waals surface area contributed by atoms with Gasteiger partial charge in [0, 0.05) is 17.0 Å². The molecule has 0 fully saturated rings. The maximum atomic E-state index is 13.1. The fraction of sp³-hybridized carbons (Fsp3) is 0.429. The molecule has 1 aromatic rings. The Hall–Kier alpha value is -1.37. The van der Waals surface area contributed by atoms with E-state index in [0.29, 0.717) is 11.6 Å². The molecular formula is C14H20Cl2FN3O2. The summed E-state index contributed by atoms with van der Waals surface area (Å²) < 4.78 is 13.1. The van der Waals surface area contributed by atoms with Gasteiger partial charge in [0.1, 0.15) is 5.82 Å². The van der Waals surface area contributed by atoms with Crippen LogP contribution in [0.3, 0.4) is 0 Å². The largest absolute Gasteiger partial charge is 0.354 e. The summed E-state index contributed by atoms with van der Waals surface area (Å²) in [5.41, 5.74) is 5.38. The molecule has 0 saturated carbocycles. The Bertz CT molecular complexity index is 539. The molecule has 0 spiro atoms. The maximum Gasteiger partial charge on any atom is 0.239 e. The van der Waals surface area contributed by atoms with Crippen molar-refractivity contribution in [3.05, 3.63) is 34.6 Å². The lowest BCUT2D eigenvalue weighted by Gasteiger charge is -2.26. The number of nitrogens with one attached hydrogen (secondary N) is 2. The minimum Gasteiger partial charge on any atom is -0.354 e. The van der Waals surface area contributed by atoms with Crippen molar-refractivity contribution in [2.75, 3.05) is 19.6 Å². The lowest BCUT2D eigenvalue weighted by atomic mass is 9.84. The minimum atomic E-state index is -0.474. The van der Waals surface area contributed by atoms with E-state index in [4.69, 9.17) is 17.3 Å². The lowest BCUT2D eigenvalue weighted by Crippen LogP contribution is -2.43. The van der Waals surface area contributed by atoms with E-state index in [2.05, 4.69) is 10.6 Å². The smallest absolute Gasteiger partial charge is 0.239 e. The van der Waals surface area contributed by atoms with Crippen LogP contribution in [0.2, 0.25) is 5.02 Å². The van der Waals surface area contributed by atoms with Gasteiger partial charge in [0.15, 0.2) is 0 Å². The Morgan fingerprint density at radius 3 is 2.45 bits per heavy atom. The van der Waals surface area contributed by atoms with Gasteiger partial charge in [-0.05, 0) is 17.7 Å². The number of halogens is 3. The van der Waals surface area contributed by atoms with Gasteiger partial charge >= 0.3 is 0 Å². The molecule has 0 unspecified atom stereocenters. The number of hydrogen-bond acceptors (Lipinski definition) is 3. The van der Waals surface area contributed by atoms with Gasteiger partial charge in [-0.15, -0.1) is 12.4 Å². The average molecular weight is 352 g/mol. The van der Waals surface area contributed by atoms with Gasteiger partial charge in [0.25, 0.3) is 0 Å². The molecule has 0 bridgehead atoms. The first kappa shape index (κ1) is 20.6. The van der Waals surface area contributed by atoms with E-state index < -0.39 is 17.1 Å². The van der Waals surface area contributed by atoms with Crippen LogP contribution >= 0.6 is 24.0 Å². The molecule has 124 valence electrons. The first-order chi connectivity index (χ1) is 9.76. The Labute approximate surface area is 140 Å². The van der Waals surface area contributed by atoms with Gasteiger partial charge < -0.3 is 16.4 Å². The first-order valence-electron chi connectivity index (χ1n) is 6.45. The Morgan fingerprint density at radius 1 is 1.27 bits per heavy atom. The number of amides is 2. The summed E-state index contributed by atoms with van der Waals surface area (Å²) >= 11 is 6.03. The molecule has 0 heterocycles. The highest BCUT2D eigenvalue weighted by atomic mass is 35.5. The van der Waals surface area contributed by atoms with Crippen LogP contribution in [0, 0.1) is 5.82 Å². The third-order valence-corrected chi connectivity index (χ3v) is 3.33. The van der Waals surface area contributed by atoms with Crippen molar-refractivity contribution in [1.29, 1.82) is 0 Å². The van der Waals surface area contributed by atoms with E-state index in [1.165, 1.54) is 12.1 Å². The summed E-state index contributed by atoms with van der Waals surface area (Å²) in [7, 11) is 0. The van der Waals surface area contributed by atoms with Crippen LogP contribution in [0.25, 0.3) is 0 Å². The second-order valence-corrected chi connectivity index (χ2v) is 5.67. The van der Waals surface area contributed by atoms with Crippen LogP contribution in [-0.2, 0) is 15.0 Å². The van der Waals surface area contributed by atoms with Crippen LogP contribution in [0.1, 0.15) is 19.4 Å². The Balaban J connectivity index is 0.00000441. The van der Waals surface area contributed by atoms with E-state index in [1.54, 1.807) is 6.07 Å². The first-order valence-corrected chi connectivity index (χ1v) is 6.83. The number of carbonyl (C=O) groups is 2. The highest BCUT2D eigenvalue weighted by Crippen LogP contribution is 2.29. The molecule has 0 aromatic heterocycles. The third kappa shape index (κ3) is 6.17. The quantitative estimate of drug-likeness (QED) is 0.723. The van der Waals surface area contributed by atoms with Gasteiger partial charge in [-0.3, -0.25) is 9.59 Å². The number of nitrogens with two attached hydrogens (primary N) is 1. The van der Waals surface area contributed by atoms with Crippen LogP contribution in [0.15, 0.2) is 18.2 Å². The molecule has 1 rings (SSSR count). The number of rotatable bonds is 6. The van der Waals surface area contributed by atoms with Crippen molar-refractivity contribution in [3.8, 4) is 0 Å². The van der Waals surface area contributed by atoms with Gasteiger partial charge in [-0.2, -0.15) is 0 Å². The van der Waals surface area contributed by atoms with E-state index >= 15 is 0 Å². The van der Waals surface area contributed by atoms with Crippen LogP contribution in [0.4, 0.5) is 4.39 Å². The molecule has 2 amide bonds. The molecule has 4 N–H and O–H groups in total. The fourth-order valence-corrected chi connectivity index (χ4v) is 2.19. The van der Waals surface area contributed by atoms with Gasteiger partial charge in [0.2, 0.25) is 11.8 Å². The van der Waals surface area contributed by atoms with Gasteiger partial charge in [-0.25, -0.2) is 4.39 Å². The molecule has 0 atom stereocenters. The Morgan fingerprint density at radius 2 is 1.91 bits per heavy atom. The van der Waals surface area contributed by atoms with Crippen LogP contribution < -0.4 is 16.4 Å². The van der Waals surface area contributed by atoms with Gasteiger partial charge in [0.05, 0.1) is 13.1 Å². The van der Waals surface area contributed by atoms with Crippen molar-refractivity contribution < 1.29 is 14.0 Å². The number of hydrogen-bond donors (Lipinski definition) is 3. The predicted molar refractivity (Wildman–Crippen MR) is 86.8 cm³/mol.